The molecule has 0 aromatic heterocycles. The normalized spacial score (nSPS) is 11.0. The number of benzene rings is 4. The maximum atomic E-state index is 3.14. The van der Waals surface area contributed by atoms with Crippen LogP contribution >= 0.6 is 0 Å². The summed E-state index contributed by atoms with van der Waals surface area (Å²) in [5.41, 5.74) is 8.31. The van der Waals surface area contributed by atoms with Gasteiger partial charge in [-0.2, -0.15) is 0 Å². The molecule has 0 radical (unpaired) electrons. The molecule has 0 bridgehead atoms. The largest absolute Gasteiger partial charge is 0.388 e. The highest BCUT2D eigenvalue weighted by molar-refractivity contribution is 5.81. The molecule has 0 unspecified atom stereocenters. The molecule has 1 nitrogen and oxygen atoms in total. The van der Waals surface area contributed by atoms with Crippen molar-refractivity contribution in [3.05, 3.63) is 149 Å². The molecule has 4 aromatic rings. The number of nitrogens with one attached hydrogen (secondary N) is 1. The van der Waals surface area contributed by atoms with Crippen molar-refractivity contribution in [3.8, 4) is 0 Å². The molecular formula is C31H27N. The van der Waals surface area contributed by atoms with E-state index in [9.17, 15) is 0 Å². The smallest absolute Gasteiger partial charge is 0.0337 e. The minimum atomic E-state index is 1.12. The summed E-state index contributed by atoms with van der Waals surface area (Å²) in [5, 5.41) is 3.14. The molecule has 0 amide bonds. The average Bonchev–Trinajstić information content (AvgIpc) is 2.87. The molecule has 1 N–H and O–H groups in total. The van der Waals surface area contributed by atoms with E-state index in [0.717, 1.165) is 5.69 Å². The van der Waals surface area contributed by atoms with Crippen LogP contribution in [0.3, 0.4) is 0 Å². The molecule has 0 aliphatic heterocycles. The number of rotatable bonds is 7. The second-order valence-electron chi connectivity index (χ2n) is 7.54. The number of anilines is 1. The van der Waals surface area contributed by atoms with Crippen LogP contribution in [0.1, 0.15) is 27.8 Å². The van der Waals surface area contributed by atoms with Crippen LogP contribution in [0.15, 0.2) is 121 Å². The standard InChI is InChI=1S/C31H27N/c1-32-30-23-21-27(22-24-30)20-19-26-17-15-25(16-18-26)9-8-14-31(28-10-4-2-5-11-28)29-12-6-3-7-13-29/h2-24,32H,1H3. The Morgan fingerprint density at radius 3 is 1.44 bits per heavy atom. The monoisotopic (exact) mass is 413 g/mol. The van der Waals surface area contributed by atoms with Gasteiger partial charge in [-0.3, -0.25) is 0 Å². The maximum Gasteiger partial charge on any atom is 0.0337 e. The summed E-state index contributed by atoms with van der Waals surface area (Å²) in [6.07, 6.45) is 10.7. The van der Waals surface area contributed by atoms with Gasteiger partial charge in [-0.1, -0.05) is 127 Å². The maximum absolute atomic E-state index is 3.14. The van der Waals surface area contributed by atoms with Crippen molar-refractivity contribution in [1.29, 1.82) is 0 Å². The van der Waals surface area contributed by atoms with E-state index >= 15 is 0 Å². The van der Waals surface area contributed by atoms with E-state index in [-0.39, 0.29) is 0 Å². The third-order valence-corrected chi connectivity index (χ3v) is 5.33. The summed E-state index contributed by atoms with van der Waals surface area (Å²) >= 11 is 0. The molecule has 1 heteroatoms. The van der Waals surface area contributed by atoms with Crippen molar-refractivity contribution in [3.63, 3.8) is 0 Å². The first-order valence-corrected chi connectivity index (χ1v) is 10.9. The summed E-state index contributed by atoms with van der Waals surface area (Å²) in [4.78, 5) is 0. The number of hydrogen-bond donors (Lipinski definition) is 1. The van der Waals surface area contributed by atoms with Crippen LogP contribution in [0, 0.1) is 0 Å². The average molecular weight is 414 g/mol. The van der Waals surface area contributed by atoms with Crippen LogP contribution in [0.2, 0.25) is 0 Å². The van der Waals surface area contributed by atoms with Crippen LogP contribution in [0.5, 0.6) is 0 Å². The van der Waals surface area contributed by atoms with Gasteiger partial charge in [0, 0.05) is 12.7 Å². The highest BCUT2D eigenvalue weighted by Crippen LogP contribution is 2.23. The second kappa shape index (κ2) is 10.8. The Morgan fingerprint density at radius 2 is 0.969 bits per heavy atom. The first-order valence-electron chi connectivity index (χ1n) is 10.9. The number of allylic oxidation sites excluding steroid dienone is 2. The fourth-order valence-corrected chi connectivity index (χ4v) is 3.52. The molecule has 0 spiro atoms. The van der Waals surface area contributed by atoms with E-state index < -0.39 is 0 Å². The fourth-order valence-electron chi connectivity index (χ4n) is 3.52. The van der Waals surface area contributed by atoms with E-state index in [1.165, 1.54) is 33.4 Å². The molecule has 0 fully saturated rings. The van der Waals surface area contributed by atoms with E-state index in [1.807, 2.05) is 7.05 Å². The van der Waals surface area contributed by atoms with Crippen molar-refractivity contribution in [2.75, 3.05) is 12.4 Å². The van der Waals surface area contributed by atoms with Crippen LogP contribution in [0.4, 0.5) is 5.69 Å². The van der Waals surface area contributed by atoms with E-state index in [2.05, 4.69) is 145 Å². The number of hydrogen-bond acceptors (Lipinski definition) is 1. The van der Waals surface area contributed by atoms with Crippen LogP contribution < -0.4 is 5.32 Å². The van der Waals surface area contributed by atoms with E-state index in [0.29, 0.717) is 0 Å². The molecule has 0 saturated carbocycles. The summed E-state index contributed by atoms with van der Waals surface area (Å²) in [5.74, 6) is 0. The SMILES string of the molecule is CNc1ccc(C=Cc2ccc(C=CC=C(c3ccccc3)c3ccccc3)cc2)cc1. The van der Waals surface area contributed by atoms with Gasteiger partial charge in [0.15, 0.2) is 0 Å². The second-order valence-corrected chi connectivity index (χ2v) is 7.54. The zero-order valence-electron chi connectivity index (χ0n) is 18.3. The molecule has 156 valence electrons. The van der Waals surface area contributed by atoms with Gasteiger partial charge in [-0.05, 0) is 45.5 Å². The van der Waals surface area contributed by atoms with Gasteiger partial charge in [0.05, 0.1) is 0 Å². The molecule has 4 aromatic carbocycles. The third-order valence-electron chi connectivity index (χ3n) is 5.33. The Kier molecular flexibility index (Phi) is 7.13. The fraction of sp³-hybridized carbons (Fsp3) is 0.0323. The molecular weight excluding hydrogens is 386 g/mol. The molecule has 0 saturated heterocycles. The summed E-state index contributed by atoms with van der Waals surface area (Å²) < 4.78 is 0. The molecule has 0 heterocycles. The first-order chi connectivity index (χ1) is 15.8. The third kappa shape index (κ3) is 5.74. The van der Waals surface area contributed by atoms with Gasteiger partial charge >= 0.3 is 0 Å². The highest BCUT2D eigenvalue weighted by atomic mass is 14.8. The zero-order chi connectivity index (χ0) is 22.0. The summed E-state index contributed by atoms with van der Waals surface area (Å²) in [7, 11) is 1.93. The van der Waals surface area contributed by atoms with Crippen molar-refractivity contribution in [2.24, 2.45) is 0 Å². The minimum absolute atomic E-state index is 1.12. The lowest BCUT2D eigenvalue weighted by molar-refractivity contribution is 1.51. The Hall–Kier alpha value is -4.10. The van der Waals surface area contributed by atoms with Gasteiger partial charge < -0.3 is 5.32 Å². The quantitative estimate of drug-likeness (QED) is 0.239. The Labute approximate surface area is 191 Å². The summed E-state index contributed by atoms with van der Waals surface area (Å²) in [6, 6.07) is 38.0. The predicted molar refractivity (Wildman–Crippen MR) is 140 cm³/mol. The lowest BCUT2D eigenvalue weighted by Crippen LogP contribution is -1.86. The first kappa shape index (κ1) is 21.1. The van der Waals surface area contributed by atoms with Crippen LogP contribution in [-0.4, -0.2) is 7.05 Å². The van der Waals surface area contributed by atoms with Crippen molar-refractivity contribution < 1.29 is 0 Å². The Balaban J connectivity index is 1.48. The van der Waals surface area contributed by atoms with Crippen molar-refractivity contribution >= 4 is 29.5 Å². The van der Waals surface area contributed by atoms with Crippen molar-refractivity contribution in [1.82, 2.24) is 0 Å². The Morgan fingerprint density at radius 1 is 0.531 bits per heavy atom. The lowest BCUT2D eigenvalue weighted by atomic mass is 9.97. The molecule has 0 aliphatic carbocycles. The zero-order valence-corrected chi connectivity index (χ0v) is 18.3. The van der Waals surface area contributed by atoms with E-state index in [4.69, 9.17) is 0 Å². The Bertz CT molecular complexity index is 1160. The van der Waals surface area contributed by atoms with Gasteiger partial charge in [0.2, 0.25) is 0 Å². The van der Waals surface area contributed by atoms with Crippen molar-refractivity contribution in [2.45, 2.75) is 0 Å². The molecule has 4 rings (SSSR count). The van der Waals surface area contributed by atoms with Gasteiger partial charge in [0.1, 0.15) is 0 Å². The topological polar surface area (TPSA) is 12.0 Å². The predicted octanol–water partition coefficient (Wildman–Crippen LogP) is 8.04. The molecule has 0 aliphatic rings. The highest BCUT2D eigenvalue weighted by Gasteiger charge is 2.02. The van der Waals surface area contributed by atoms with Gasteiger partial charge in [-0.25, -0.2) is 0 Å². The van der Waals surface area contributed by atoms with Gasteiger partial charge in [0.25, 0.3) is 0 Å². The molecule has 0 atom stereocenters. The molecule has 32 heavy (non-hydrogen) atoms. The summed E-state index contributed by atoms with van der Waals surface area (Å²) in [6.45, 7) is 0. The van der Waals surface area contributed by atoms with Crippen LogP contribution in [-0.2, 0) is 0 Å². The lowest BCUT2D eigenvalue weighted by Gasteiger charge is -2.07. The minimum Gasteiger partial charge on any atom is -0.388 e. The van der Waals surface area contributed by atoms with Gasteiger partial charge in [-0.15, -0.1) is 0 Å². The van der Waals surface area contributed by atoms with E-state index in [1.54, 1.807) is 0 Å². The van der Waals surface area contributed by atoms with Crippen LogP contribution in [0.25, 0.3) is 23.8 Å².